The lowest BCUT2D eigenvalue weighted by molar-refractivity contribution is 0.0640. The van der Waals surface area contributed by atoms with Crippen LogP contribution in [0.1, 0.15) is 39.2 Å². The fourth-order valence-electron chi connectivity index (χ4n) is 2.66. The van der Waals surface area contributed by atoms with Crippen LogP contribution in [0.4, 0.5) is 0 Å². The van der Waals surface area contributed by atoms with E-state index in [-0.39, 0.29) is 11.1 Å². The van der Waals surface area contributed by atoms with Crippen molar-refractivity contribution in [2.75, 3.05) is 13.1 Å². The molecule has 17 heavy (non-hydrogen) atoms. The third-order valence-electron chi connectivity index (χ3n) is 3.82. The summed E-state index contributed by atoms with van der Waals surface area (Å²) in [6.07, 6.45) is 2.27. The van der Waals surface area contributed by atoms with Gasteiger partial charge >= 0.3 is 0 Å². The van der Waals surface area contributed by atoms with Crippen molar-refractivity contribution in [2.24, 2.45) is 5.73 Å². The van der Waals surface area contributed by atoms with Crippen molar-refractivity contribution >= 4 is 0 Å². The van der Waals surface area contributed by atoms with Gasteiger partial charge in [0.25, 0.3) is 0 Å². The third-order valence-corrected chi connectivity index (χ3v) is 3.82. The van der Waals surface area contributed by atoms with Crippen LogP contribution in [0.15, 0.2) is 30.3 Å². The van der Waals surface area contributed by atoms with Crippen LogP contribution in [-0.4, -0.2) is 23.5 Å². The Balaban J connectivity index is 2.21. The molecule has 2 heteroatoms. The van der Waals surface area contributed by atoms with Crippen LogP contribution in [0.25, 0.3) is 0 Å². The first-order chi connectivity index (χ1) is 7.92. The largest absolute Gasteiger partial charge is 0.320 e. The SMILES string of the molecule is CC(C)(C)N1CCCC(N)(c2ccccc2)C1. The first-order valence-electron chi connectivity index (χ1n) is 6.51. The zero-order chi connectivity index (χ0) is 12.5. The van der Waals surface area contributed by atoms with Gasteiger partial charge in [0, 0.05) is 12.1 Å². The van der Waals surface area contributed by atoms with Crippen molar-refractivity contribution in [3.63, 3.8) is 0 Å². The van der Waals surface area contributed by atoms with E-state index in [4.69, 9.17) is 5.73 Å². The summed E-state index contributed by atoms with van der Waals surface area (Å²) in [6, 6.07) is 10.5. The van der Waals surface area contributed by atoms with E-state index in [2.05, 4.69) is 56.0 Å². The Labute approximate surface area is 105 Å². The summed E-state index contributed by atoms with van der Waals surface area (Å²) in [5, 5.41) is 0. The molecule has 0 amide bonds. The molecule has 2 N–H and O–H groups in total. The van der Waals surface area contributed by atoms with Crippen LogP contribution in [0, 0.1) is 0 Å². The number of nitrogens with zero attached hydrogens (tertiary/aromatic N) is 1. The minimum absolute atomic E-state index is 0.174. The fourth-order valence-corrected chi connectivity index (χ4v) is 2.66. The smallest absolute Gasteiger partial charge is 0.0539 e. The van der Waals surface area contributed by atoms with Gasteiger partial charge < -0.3 is 5.73 Å². The summed E-state index contributed by atoms with van der Waals surface area (Å²) >= 11 is 0. The number of hydrogen-bond acceptors (Lipinski definition) is 2. The number of likely N-dealkylation sites (tertiary alicyclic amines) is 1. The number of benzene rings is 1. The number of piperidine rings is 1. The Morgan fingerprint density at radius 1 is 1.18 bits per heavy atom. The van der Waals surface area contributed by atoms with Crippen molar-refractivity contribution in [1.29, 1.82) is 0 Å². The van der Waals surface area contributed by atoms with Gasteiger partial charge in [0.05, 0.1) is 5.54 Å². The maximum Gasteiger partial charge on any atom is 0.0539 e. The zero-order valence-corrected chi connectivity index (χ0v) is 11.2. The van der Waals surface area contributed by atoms with Gasteiger partial charge in [0.15, 0.2) is 0 Å². The maximum atomic E-state index is 6.63. The van der Waals surface area contributed by atoms with E-state index in [0.29, 0.717) is 0 Å². The van der Waals surface area contributed by atoms with Gasteiger partial charge in [0.2, 0.25) is 0 Å². The summed E-state index contributed by atoms with van der Waals surface area (Å²) in [4.78, 5) is 2.50. The molecule has 94 valence electrons. The molecule has 1 unspecified atom stereocenters. The molecule has 1 aliphatic heterocycles. The van der Waals surface area contributed by atoms with Crippen LogP contribution in [-0.2, 0) is 5.54 Å². The van der Waals surface area contributed by atoms with Crippen LogP contribution in [0.2, 0.25) is 0 Å². The molecular weight excluding hydrogens is 208 g/mol. The van der Waals surface area contributed by atoms with E-state index in [1.54, 1.807) is 0 Å². The van der Waals surface area contributed by atoms with E-state index < -0.39 is 0 Å². The third kappa shape index (κ3) is 2.70. The Kier molecular flexibility index (Phi) is 3.28. The normalized spacial score (nSPS) is 27.1. The first kappa shape index (κ1) is 12.6. The van der Waals surface area contributed by atoms with Crippen molar-refractivity contribution in [3.8, 4) is 0 Å². The second kappa shape index (κ2) is 4.43. The summed E-state index contributed by atoms with van der Waals surface area (Å²) in [5.74, 6) is 0. The zero-order valence-electron chi connectivity index (χ0n) is 11.2. The van der Waals surface area contributed by atoms with E-state index in [0.717, 1.165) is 19.5 Å². The van der Waals surface area contributed by atoms with Crippen LogP contribution in [0.5, 0.6) is 0 Å². The Hall–Kier alpha value is -0.860. The predicted molar refractivity (Wildman–Crippen MR) is 72.9 cm³/mol. The molecule has 2 rings (SSSR count). The van der Waals surface area contributed by atoms with Crippen molar-refractivity contribution in [1.82, 2.24) is 4.90 Å². The van der Waals surface area contributed by atoms with Gasteiger partial charge in [-0.2, -0.15) is 0 Å². The molecule has 2 nitrogen and oxygen atoms in total. The number of hydrogen-bond donors (Lipinski definition) is 1. The Bertz CT molecular complexity index is 366. The average molecular weight is 232 g/mol. The molecule has 0 saturated carbocycles. The van der Waals surface area contributed by atoms with Gasteiger partial charge in [-0.1, -0.05) is 30.3 Å². The molecule has 1 atom stereocenters. The highest BCUT2D eigenvalue weighted by atomic mass is 15.2. The van der Waals surface area contributed by atoms with E-state index >= 15 is 0 Å². The maximum absolute atomic E-state index is 6.63. The highest BCUT2D eigenvalue weighted by Crippen LogP contribution is 2.32. The minimum atomic E-state index is -0.174. The summed E-state index contributed by atoms with van der Waals surface area (Å²) in [7, 11) is 0. The summed E-state index contributed by atoms with van der Waals surface area (Å²) in [6.45, 7) is 8.92. The van der Waals surface area contributed by atoms with E-state index in [9.17, 15) is 0 Å². The first-order valence-corrected chi connectivity index (χ1v) is 6.51. The minimum Gasteiger partial charge on any atom is -0.320 e. The molecule has 1 aromatic rings. The highest BCUT2D eigenvalue weighted by molar-refractivity contribution is 5.25. The van der Waals surface area contributed by atoms with Gasteiger partial charge in [-0.25, -0.2) is 0 Å². The number of rotatable bonds is 1. The molecule has 0 aromatic heterocycles. The molecule has 0 radical (unpaired) electrons. The fraction of sp³-hybridized carbons (Fsp3) is 0.600. The van der Waals surface area contributed by atoms with E-state index in [1.807, 2.05) is 0 Å². The Morgan fingerprint density at radius 2 is 1.82 bits per heavy atom. The molecule has 1 heterocycles. The topological polar surface area (TPSA) is 29.3 Å². The average Bonchev–Trinajstić information content (AvgIpc) is 2.29. The second-order valence-electron chi connectivity index (χ2n) is 6.22. The van der Waals surface area contributed by atoms with Gasteiger partial charge in [-0.05, 0) is 45.7 Å². The summed E-state index contributed by atoms with van der Waals surface area (Å²) in [5.41, 5.74) is 7.93. The molecule has 1 aliphatic rings. The van der Waals surface area contributed by atoms with Gasteiger partial charge in [-0.15, -0.1) is 0 Å². The quantitative estimate of drug-likeness (QED) is 0.806. The van der Waals surface area contributed by atoms with Crippen molar-refractivity contribution in [3.05, 3.63) is 35.9 Å². The lowest BCUT2D eigenvalue weighted by Gasteiger charge is -2.46. The molecule has 0 bridgehead atoms. The van der Waals surface area contributed by atoms with Crippen LogP contribution >= 0.6 is 0 Å². The number of nitrogens with two attached hydrogens (primary N) is 1. The Morgan fingerprint density at radius 3 is 2.41 bits per heavy atom. The van der Waals surface area contributed by atoms with Crippen molar-refractivity contribution in [2.45, 2.75) is 44.7 Å². The molecule has 0 spiro atoms. The molecule has 1 aromatic carbocycles. The van der Waals surface area contributed by atoms with Crippen LogP contribution in [0.3, 0.4) is 0 Å². The summed E-state index contributed by atoms with van der Waals surface area (Å²) < 4.78 is 0. The van der Waals surface area contributed by atoms with Gasteiger partial charge in [-0.3, -0.25) is 4.90 Å². The molecular formula is C15H24N2. The van der Waals surface area contributed by atoms with Crippen molar-refractivity contribution < 1.29 is 0 Å². The lowest BCUT2D eigenvalue weighted by Crippen LogP contribution is -2.57. The lowest BCUT2D eigenvalue weighted by atomic mass is 9.81. The molecule has 1 fully saturated rings. The second-order valence-corrected chi connectivity index (χ2v) is 6.22. The molecule has 0 aliphatic carbocycles. The monoisotopic (exact) mass is 232 g/mol. The molecule has 1 saturated heterocycles. The van der Waals surface area contributed by atoms with Crippen LogP contribution < -0.4 is 5.73 Å². The van der Waals surface area contributed by atoms with Gasteiger partial charge in [0.1, 0.15) is 0 Å². The standard InChI is InChI=1S/C15H24N2/c1-14(2,3)17-11-7-10-15(16,12-17)13-8-5-4-6-9-13/h4-6,8-9H,7,10-12,16H2,1-3H3. The van der Waals surface area contributed by atoms with E-state index in [1.165, 1.54) is 12.0 Å². The predicted octanol–water partition coefficient (Wildman–Crippen LogP) is 2.73. The highest BCUT2D eigenvalue weighted by Gasteiger charge is 2.36.